The molecule has 0 unspecified atom stereocenters. The van der Waals surface area contributed by atoms with Gasteiger partial charge in [-0.25, -0.2) is 18.7 Å². The second kappa shape index (κ2) is 4.76. The molecule has 0 aliphatic rings. The lowest BCUT2D eigenvalue weighted by atomic mass is 10.3. The normalized spacial score (nSPS) is 10.8. The summed E-state index contributed by atoms with van der Waals surface area (Å²) in [4.78, 5) is 8.40. The monoisotopic (exact) mass is 275 g/mol. The Morgan fingerprint density at radius 3 is 2.90 bits per heavy atom. The van der Waals surface area contributed by atoms with Crippen LogP contribution in [0.25, 0.3) is 5.65 Å². The summed E-state index contributed by atoms with van der Waals surface area (Å²) in [5, 5.41) is 5.66. The van der Waals surface area contributed by atoms with Gasteiger partial charge in [-0.15, -0.1) is 0 Å². The van der Waals surface area contributed by atoms with Gasteiger partial charge < -0.3 is 15.0 Å². The Balaban J connectivity index is 2.10. The Hall–Kier alpha value is -2.70. The van der Waals surface area contributed by atoms with Crippen LogP contribution in [-0.2, 0) is 0 Å². The van der Waals surface area contributed by atoms with E-state index in [0.717, 1.165) is 6.07 Å². The molecule has 0 amide bonds. The van der Waals surface area contributed by atoms with Crippen molar-refractivity contribution in [3.8, 4) is 0 Å². The SMILES string of the molecule is CNc1cn2ccnc2c(Nc2cccc(F)c2F)n1. The Bertz CT molecular complexity index is 769. The molecule has 0 saturated carbocycles. The van der Waals surface area contributed by atoms with E-state index in [4.69, 9.17) is 0 Å². The van der Waals surface area contributed by atoms with Crippen LogP contribution < -0.4 is 10.6 Å². The number of anilines is 3. The van der Waals surface area contributed by atoms with Crippen LogP contribution in [0.4, 0.5) is 26.1 Å². The highest BCUT2D eigenvalue weighted by molar-refractivity contribution is 5.71. The summed E-state index contributed by atoms with van der Waals surface area (Å²) < 4.78 is 28.6. The fraction of sp³-hybridized carbons (Fsp3) is 0.0769. The van der Waals surface area contributed by atoms with Crippen molar-refractivity contribution in [2.24, 2.45) is 0 Å². The largest absolute Gasteiger partial charge is 0.372 e. The molecule has 20 heavy (non-hydrogen) atoms. The minimum atomic E-state index is -0.950. The lowest BCUT2D eigenvalue weighted by Gasteiger charge is -2.10. The third kappa shape index (κ3) is 2.03. The maximum atomic E-state index is 13.7. The Morgan fingerprint density at radius 1 is 1.25 bits per heavy atom. The molecular formula is C13H11F2N5. The van der Waals surface area contributed by atoms with Crippen LogP contribution in [0.2, 0.25) is 0 Å². The smallest absolute Gasteiger partial charge is 0.182 e. The molecule has 0 aliphatic heterocycles. The van der Waals surface area contributed by atoms with E-state index in [1.54, 1.807) is 30.0 Å². The fourth-order valence-corrected chi connectivity index (χ4v) is 1.86. The number of halogens is 2. The van der Waals surface area contributed by atoms with Crippen LogP contribution in [0.5, 0.6) is 0 Å². The third-order valence-electron chi connectivity index (χ3n) is 2.83. The van der Waals surface area contributed by atoms with Crippen molar-refractivity contribution in [1.29, 1.82) is 0 Å². The minimum absolute atomic E-state index is 0.00986. The number of fused-ring (bicyclic) bond motifs is 1. The second-order valence-electron chi connectivity index (χ2n) is 4.11. The molecule has 0 saturated heterocycles. The van der Waals surface area contributed by atoms with Crippen LogP contribution >= 0.6 is 0 Å². The first-order valence-corrected chi connectivity index (χ1v) is 5.91. The molecule has 7 heteroatoms. The highest BCUT2D eigenvalue weighted by atomic mass is 19.2. The average molecular weight is 275 g/mol. The molecule has 0 fully saturated rings. The summed E-state index contributed by atoms with van der Waals surface area (Å²) in [5.74, 6) is -0.950. The number of imidazole rings is 1. The predicted molar refractivity (Wildman–Crippen MR) is 72.2 cm³/mol. The van der Waals surface area contributed by atoms with Crippen LogP contribution in [0.15, 0.2) is 36.8 Å². The van der Waals surface area contributed by atoms with E-state index in [1.807, 2.05) is 0 Å². The van der Waals surface area contributed by atoms with Gasteiger partial charge in [0.1, 0.15) is 5.82 Å². The zero-order valence-electron chi connectivity index (χ0n) is 10.6. The van der Waals surface area contributed by atoms with E-state index >= 15 is 0 Å². The first-order valence-electron chi connectivity index (χ1n) is 5.91. The molecule has 1 aromatic carbocycles. The maximum Gasteiger partial charge on any atom is 0.182 e. The van der Waals surface area contributed by atoms with E-state index in [2.05, 4.69) is 20.6 Å². The van der Waals surface area contributed by atoms with Gasteiger partial charge >= 0.3 is 0 Å². The lowest BCUT2D eigenvalue weighted by molar-refractivity contribution is 0.511. The summed E-state index contributed by atoms with van der Waals surface area (Å²) in [5.41, 5.74) is 0.531. The molecule has 0 atom stereocenters. The van der Waals surface area contributed by atoms with E-state index in [1.165, 1.54) is 12.1 Å². The maximum absolute atomic E-state index is 13.7. The Kier molecular flexibility index (Phi) is 2.94. The van der Waals surface area contributed by atoms with Crippen molar-refractivity contribution < 1.29 is 8.78 Å². The van der Waals surface area contributed by atoms with E-state index in [9.17, 15) is 8.78 Å². The summed E-state index contributed by atoms with van der Waals surface area (Å²) in [7, 11) is 1.72. The van der Waals surface area contributed by atoms with Crippen molar-refractivity contribution in [2.45, 2.75) is 0 Å². The molecule has 0 radical (unpaired) electrons. The van der Waals surface area contributed by atoms with Gasteiger partial charge in [0, 0.05) is 19.4 Å². The van der Waals surface area contributed by atoms with E-state index in [0.29, 0.717) is 17.3 Å². The van der Waals surface area contributed by atoms with E-state index in [-0.39, 0.29) is 5.69 Å². The van der Waals surface area contributed by atoms with Gasteiger partial charge in [-0.2, -0.15) is 0 Å². The van der Waals surface area contributed by atoms with Crippen LogP contribution in [-0.4, -0.2) is 21.4 Å². The molecule has 2 heterocycles. The first kappa shape index (κ1) is 12.3. The molecule has 0 bridgehead atoms. The molecule has 0 spiro atoms. The number of nitrogens with one attached hydrogen (secondary N) is 2. The first-order chi connectivity index (χ1) is 9.69. The van der Waals surface area contributed by atoms with Crippen LogP contribution in [0.3, 0.4) is 0 Å². The minimum Gasteiger partial charge on any atom is -0.372 e. The van der Waals surface area contributed by atoms with Gasteiger partial charge in [0.15, 0.2) is 23.1 Å². The number of rotatable bonds is 3. The van der Waals surface area contributed by atoms with Crippen LogP contribution in [0.1, 0.15) is 0 Å². The quantitative estimate of drug-likeness (QED) is 0.771. The van der Waals surface area contributed by atoms with Gasteiger partial charge in [0.2, 0.25) is 0 Å². The number of aromatic nitrogens is 3. The molecule has 2 N–H and O–H groups in total. The molecule has 5 nitrogen and oxygen atoms in total. The average Bonchev–Trinajstić information content (AvgIpc) is 2.92. The van der Waals surface area contributed by atoms with Crippen LogP contribution in [0, 0.1) is 11.6 Å². The van der Waals surface area contributed by atoms with Gasteiger partial charge in [-0.1, -0.05) is 6.07 Å². The zero-order chi connectivity index (χ0) is 14.1. The molecule has 0 aliphatic carbocycles. The molecule has 3 aromatic rings. The van der Waals surface area contributed by atoms with Crippen molar-refractivity contribution in [3.05, 3.63) is 48.4 Å². The number of hydrogen-bond donors (Lipinski definition) is 2. The van der Waals surface area contributed by atoms with Gasteiger partial charge in [0.25, 0.3) is 0 Å². The standard InChI is InChI=1S/C13H11F2N5/c1-16-10-7-20-6-5-17-13(20)12(19-10)18-9-4-2-3-8(14)11(9)15/h2-7,16H,1H3,(H,18,19). The molecule has 102 valence electrons. The second-order valence-corrected chi connectivity index (χ2v) is 4.11. The molecule has 2 aromatic heterocycles. The highest BCUT2D eigenvalue weighted by Crippen LogP contribution is 2.24. The molecule has 3 rings (SSSR count). The number of hydrogen-bond acceptors (Lipinski definition) is 4. The van der Waals surface area contributed by atoms with Gasteiger partial charge in [-0.05, 0) is 12.1 Å². The van der Waals surface area contributed by atoms with Crippen molar-refractivity contribution in [3.63, 3.8) is 0 Å². The van der Waals surface area contributed by atoms with Crippen molar-refractivity contribution in [1.82, 2.24) is 14.4 Å². The van der Waals surface area contributed by atoms with Gasteiger partial charge in [-0.3, -0.25) is 0 Å². The van der Waals surface area contributed by atoms with Crippen molar-refractivity contribution in [2.75, 3.05) is 17.7 Å². The van der Waals surface area contributed by atoms with E-state index < -0.39 is 11.6 Å². The summed E-state index contributed by atoms with van der Waals surface area (Å²) in [6.45, 7) is 0. The Morgan fingerprint density at radius 2 is 2.10 bits per heavy atom. The predicted octanol–water partition coefficient (Wildman–Crippen LogP) is 2.79. The third-order valence-corrected chi connectivity index (χ3v) is 2.83. The highest BCUT2D eigenvalue weighted by Gasteiger charge is 2.12. The lowest BCUT2D eigenvalue weighted by Crippen LogP contribution is -2.04. The van der Waals surface area contributed by atoms with Gasteiger partial charge in [0.05, 0.1) is 11.9 Å². The topological polar surface area (TPSA) is 54.2 Å². The molecular weight excluding hydrogens is 264 g/mol. The summed E-state index contributed by atoms with van der Waals surface area (Å²) in [6, 6.07) is 3.92. The summed E-state index contributed by atoms with van der Waals surface area (Å²) in [6.07, 6.45) is 5.09. The Labute approximate surface area is 113 Å². The fourth-order valence-electron chi connectivity index (χ4n) is 1.86. The summed E-state index contributed by atoms with van der Waals surface area (Å²) >= 11 is 0. The zero-order valence-corrected chi connectivity index (χ0v) is 10.6. The number of benzene rings is 1. The number of nitrogens with zero attached hydrogens (tertiary/aromatic N) is 3. The van der Waals surface area contributed by atoms with Crippen molar-refractivity contribution >= 4 is 23.0 Å².